The monoisotopic (exact) mass is 331 g/mol. The molecule has 0 N–H and O–H groups in total. The smallest absolute Gasteiger partial charge is 0.259 e. The number of carbonyl (C=O) groups is 1. The van der Waals surface area contributed by atoms with Crippen molar-refractivity contribution in [3.05, 3.63) is 36.0 Å². The van der Waals surface area contributed by atoms with Gasteiger partial charge in [-0.3, -0.25) is 4.79 Å². The summed E-state index contributed by atoms with van der Waals surface area (Å²) in [6.07, 6.45) is 3.01. The lowest BCUT2D eigenvalue weighted by Gasteiger charge is -2.32. The van der Waals surface area contributed by atoms with Crippen molar-refractivity contribution in [1.29, 1.82) is 0 Å². The SMILES string of the molecule is CCOc1ncccc1C(=O)N1CCOC(c2nncn2CC)C1. The number of rotatable bonds is 5. The fourth-order valence-electron chi connectivity index (χ4n) is 2.72. The first-order valence-electron chi connectivity index (χ1n) is 8.11. The topological polar surface area (TPSA) is 82.4 Å². The Morgan fingerprint density at radius 1 is 1.46 bits per heavy atom. The average molecular weight is 331 g/mol. The first-order valence-corrected chi connectivity index (χ1v) is 8.11. The summed E-state index contributed by atoms with van der Waals surface area (Å²) in [5.41, 5.74) is 0.469. The lowest BCUT2D eigenvalue weighted by atomic mass is 10.2. The Labute approximate surface area is 140 Å². The Kier molecular flexibility index (Phi) is 5.05. The highest BCUT2D eigenvalue weighted by molar-refractivity contribution is 5.96. The van der Waals surface area contributed by atoms with Crippen LogP contribution in [-0.2, 0) is 11.3 Å². The average Bonchev–Trinajstić information content (AvgIpc) is 3.11. The summed E-state index contributed by atoms with van der Waals surface area (Å²) in [5, 5.41) is 8.07. The molecule has 1 atom stereocenters. The highest BCUT2D eigenvalue weighted by atomic mass is 16.5. The minimum atomic E-state index is -0.280. The maximum Gasteiger partial charge on any atom is 0.259 e. The summed E-state index contributed by atoms with van der Waals surface area (Å²) in [6.45, 7) is 6.51. The van der Waals surface area contributed by atoms with Gasteiger partial charge in [0.2, 0.25) is 5.88 Å². The van der Waals surface area contributed by atoms with E-state index in [-0.39, 0.29) is 12.0 Å². The van der Waals surface area contributed by atoms with Crippen LogP contribution in [0, 0.1) is 0 Å². The van der Waals surface area contributed by atoms with Crippen LogP contribution in [0.2, 0.25) is 0 Å². The van der Waals surface area contributed by atoms with Gasteiger partial charge in [0.15, 0.2) is 5.82 Å². The molecule has 1 saturated heterocycles. The second-order valence-electron chi connectivity index (χ2n) is 5.37. The molecule has 1 aliphatic heterocycles. The Hall–Kier alpha value is -2.48. The van der Waals surface area contributed by atoms with Gasteiger partial charge in [-0.15, -0.1) is 10.2 Å². The molecule has 24 heavy (non-hydrogen) atoms. The van der Waals surface area contributed by atoms with Crippen molar-refractivity contribution in [3.63, 3.8) is 0 Å². The zero-order valence-electron chi connectivity index (χ0n) is 13.9. The van der Waals surface area contributed by atoms with Crippen molar-refractivity contribution >= 4 is 5.91 Å². The van der Waals surface area contributed by atoms with Gasteiger partial charge in [-0.05, 0) is 26.0 Å². The molecule has 1 aliphatic rings. The summed E-state index contributed by atoms with van der Waals surface area (Å²) in [6, 6.07) is 3.47. The molecule has 0 saturated carbocycles. The quantitative estimate of drug-likeness (QED) is 0.821. The number of morpholine rings is 1. The normalized spacial score (nSPS) is 17.8. The van der Waals surface area contributed by atoms with Crippen molar-refractivity contribution in [3.8, 4) is 5.88 Å². The molecule has 8 heteroatoms. The Morgan fingerprint density at radius 2 is 2.33 bits per heavy atom. The maximum atomic E-state index is 12.9. The Morgan fingerprint density at radius 3 is 3.12 bits per heavy atom. The van der Waals surface area contributed by atoms with Gasteiger partial charge in [0.1, 0.15) is 18.0 Å². The van der Waals surface area contributed by atoms with Crippen LogP contribution in [0.3, 0.4) is 0 Å². The van der Waals surface area contributed by atoms with Crippen LogP contribution in [0.15, 0.2) is 24.7 Å². The molecular formula is C16H21N5O3. The number of nitrogens with zero attached hydrogens (tertiary/aromatic N) is 5. The zero-order chi connectivity index (χ0) is 16.9. The van der Waals surface area contributed by atoms with Gasteiger partial charge in [0.05, 0.1) is 19.8 Å². The predicted octanol–water partition coefficient (Wildman–Crippen LogP) is 1.31. The van der Waals surface area contributed by atoms with Crippen molar-refractivity contribution in [2.45, 2.75) is 26.5 Å². The molecule has 3 heterocycles. The van der Waals surface area contributed by atoms with Crippen molar-refractivity contribution in [2.75, 3.05) is 26.3 Å². The third-order valence-electron chi connectivity index (χ3n) is 3.91. The lowest BCUT2D eigenvalue weighted by molar-refractivity contribution is -0.0285. The second kappa shape index (κ2) is 7.39. The maximum absolute atomic E-state index is 12.9. The summed E-state index contributed by atoms with van der Waals surface area (Å²) in [7, 11) is 0. The van der Waals surface area contributed by atoms with Crippen molar-refractivity contribution in [2.24, 2.45) is 0 Å². The predicted molar refractivity (Wildman–Crippen MR) is 85.7 cm³/mol. The minimum absolute atomic E-state index is 0.109. The van der Waals surface area contributed by atoms with Gasteiger partial charge in [0, 0.05) is 19.3 Å². The molecule has 3 rings (SSSR count). The van der Waals surface area contributed by atoms with E-state index in [1.165, 1.54) is 0 Å². The first kappa shape index (κ1) is 16.4. The highest BCUT2D eigenvalue weighted by Gasteiger charge is 2.30. The van der Waals surface area contributed by atoms with E-state index >= 15 is 0 Å². The number of carbonyl (C=O) groups excluding carboxylic acids is 1. The van der Waals surface area contributed by atoms with E-state index in [2.05, 4.69) is 15.2 Å². The van der Waals surface area contributed by atoms with E-state index in [4.69, 9.17) is 9.47 Å². The van der Waals surface area contributed by atoms with Crippen LogP contribution in [-0.4, -0.2) is 56.9 Å². The molecule has 1 amide bonds. The van der Waals surface area contributed by atoms with Crippen LogP contribution in [0.4, 0.5) is 0 Å². The van der Waals surface area contributed by atoms with Crippen LogP contribution < -0.4 is 4.74 Å². The molecule has 2 aromatic rings. The third kappa shape index (κ3) is 3.23. The number of pyridine rings is 1. The Balaban J connectivity index is 1.79. The van der Waals surface area contributed by atoms with Gasteiger partial charge < -0.3 is 18.9 Å². The molecule has 1 fully saturated rings. The van der Waals surface area contributed by atoms with Gasteiger partial charge >= 0.3 is 0 Å². The molecule has 0 bridgehead atoms. The molecule has 128 valence electrons. The standard InChI is InChI=1S/C16H21N5O3/c1-3-20-11-18-19-14(20)13-10-21(8-9-24-13)16(22)12-6-5-7-17-15(12)23-4-2/h5-7,11,13H,3-4,8-10H2,1-2H3. The van der Waals surface area contributed by atoms with E-state index < -0.39 is 0 Å². The van der Waals surface area contributed by atoms with E-state index in [1.54, 1.807) is 29.6 Å². The summed E-state index contributed by atoms with van der Waals surface area (Å²) >= 11 is 0. The fraction of sp³-hybridized carbons (Fsp3) is 0.500. The molecule has 8 nitrogen and oxygen atoms in total. The minimum Gasteiger partial charge on any atom is -0.477 e. The molecule has 0 spiro atoms. The molecule has 1 unspecified atom stereocenters. The third-order valence-corrected chi connectivity index (χ3v) is 3.91. The number of amides is 1. The number of aryl methyl sites for hydroxylation is 1. The molecule has 0 radical (unpaired) electrons. The first-order chi connectivity index (χ1) is 11.7. The largest absolute Gasteiger partial charge is 0.477 e. The summed E-state index contributed by atoms with van der Waals surface area (Å²) in [5.74, 6) is 0.999. The van der Waals surface area contributed by atoms with Gasteiger partial charge in [-0.2, -0.15) is 0 Å². The van der Waals surface area contributed by atoms with Gasteiger partial charge in [-0.25, -0.2) is 4.98 Å². The number of hydrogen-bond donors (Lipinski definition) is 0. The summed E-state index contributed by atoms with van der Waals surface area (Å²) in [4.78, 5) is 18.8. The van der Waals surface area contributed by atoms with Gasteiger partial charge in [0.25, 0.3) is 5.91 Å². The second-order valence-corrected chi connectivity index (χ2v) is 5.37. The van der Waals surface area contributed by atoms with Crippen LogP contribution >= 0.6 is 0 Å². The fourth-order valence-corrected chi connectivity index (χ4v) is 2.72. The summed E-state index contributed by atoms with van der Waals surface area (Å²) < 4.78 is 13.2. The van der Waals surface area contributed by atoms with E-state index in [0.717, 1.165) is 12.4 Å². The Bertz CT molecular complexity index is 703. The van der Waals surface area contributed by atoms with Crippen LogP contribution in [0.25, 0.3) is 0 Å². The number of ether oxygens (including phenoxy) is 2. The van der Waals surface area contributed by atoms with E-state index in [0.29, 0.717) is 37.7 Å². The number of hydrogen-bond acceptors (Lipinski definition) is 6. The van der Waals surface area contributed by atoms with E-state index in [9.17, 15) is 4.79 Å². The molecule has 0 aromatic carbocycles. The highest BCUT2D eigenvalue weighted by Crippen LogP contribution is 2.24. The van der Waals surface area contributed by atoms with E-state index in [1.807, 2.05) is 18.4 Å². The van der Waals surface area contributed by atoms with Crippen LogP contribution in [0.1, 0.15) is 36.1 Å². The zero-order valence-corrected chi connectivity index (χ0v) is 13.9. The van der Waals surface area contributed by atoms with Crippen LogP contribution in [0.5, 0.6) is 5.88 Å². The van der Waals surface area contributed by atoms with Crippen molar-refractivity contribution in [1.82, 2.24) is 24.6 Å². The molecular weight excluding hydrogens is 310 g/mol. The number of aromatic nitrogens is 4. The lowest BCUT2D eigenvalue weighted by Crippen LogP contribution is -2.43. The van der Waals surface area contributed by atoms with Crippen molar-refractivity contribution < 1.29 is 14.3 Å². The van der Waals surface area contributed by atoms with Gasteiger partial charge in [-0.1, -0.05) is 0 Å². The molecule has 2 aromatic heterocycles. The molecule has 0 aliphatic carbocycles.